The van der Waals surface area contributed by atoms with Gasteiger partial charge in [0.05, 0.1) is 18.7 Å². The molecule has 6 nitrogen and oxygen atoms in total. The van der Waals surface area contributed by atoms with Crippen LogP contribution in [0.2, 0.25) is 0 Å². The van der Waals surface area contributed by atoms with E-state index >= 15 is 4.39 Å². The summed E-state index contributed by atoms with van der Waals surface area (Å²) < 4.78 is 26.4. The van der Waals surface area contributed by atoms with E-state index in [1.807, 2.05) is 0 Å². The number of hydrogen-bond donors (Lipinski definition) is 2. The fourth-order valence-electron chi connectivity index (χ4n) is 3.48. The Morgan fingerprint density at radius 2 is 2.18 bits per heavy atom. The first-order valence-corrected chi connectivity index (χ1v) is 9.42. The molecule has 7 heteroatoms. The smallest absolute Gasteiger partial charge is 0.174 e. The number of fused-ring (bicyclic) bond motifs is 1. The highest BCUT2D eigenvalue weighted by molar-refractivity contribution is 6.10. The Morgan fingerprint density at radius 1 is 1.39 bits per heavy atom. The van der Waals surface area contributed by atoms with Crippen molar-refractivity contribution < 1.29 is 18.7 Å². The normalized spacial score (nSPS) is 15.1. The zero-order valence-corrected chi connectivity index (χ0v) is 15.6. The summed E-state index contributed by atoms with van der Waals surface area (Å²) in [4.78, 5) is 19.4. The van der Waals surface area contributed by atoms with Crippen molar-refractivity contribution in [3.8, 4) is 17.0 Å². The number of carbonyl (C=O) groups is 1. The van der Waals surface area contributed by atoms with Crippen LogP contribution in [0.1, 0.15) is 36.5 Å². The van der Waals surface area contributed by atoms with E-state index in [-0.39, 0.29) is 23.5 Å². The molecule has 1 aliphatic heterocycles. The van der Waals surface area contributed by atoms with Crippen LogP contribution in [0, 0.1) is 5.82 Å². The minimum Gasteiger partial charge on any atom is -0.487 e. The lowest BCUT2D eigenvalue weighted by molar-refractivity contribution is 0.0241. The molecule has 3 aromatic rings. The first-order chi connectivity index (χ1) is 13.6. The number of benzene rings is 1. The number of rotatable bonds is 5. The molecule has 0 atom stereocenters. The van der Waals surface area contributed by atoms with Crippen LogP contribution in [0.5, 0.6) is 5.75 Å². The van der Waals surface area contributed by atoms with Crippen molar-refractivity contribution in [3.63, 3.8) is 0 Å². The molecule has 1 fully saturated rings. The van der Waals surface area contributed by atoms with Crippen molar-refractivity contribution in [2.24, 2.45) is 0 Å². The van der Waals surface area contributed by atoms with Gasteiger partial charge in [-0.3, -0.25) is 4.79 Å². The number of pyridine rings is 1. The van der Waals surface area contributed by atoms with Gasteiger partial charge in [-0.05, 0) is 18.2 Å². The van der Waals surface area contributed by atoms with E-state index in [0.717, 1.165) is 12.8 Å². The Morgan fingerprint density at radius 3 is 2.93 bits per heavy atom. The first kappa shape index (κ1) is 18.4. The quantitative estimate of drug-likeness (QED) is 0.648. The third-order valence-corrected chi connectivity index (χ3v) is 5.03. The molecule has 1 aliphatic rings. The van der Waals surface area contributed by atoms with Gasteiger partial charge in [0.1, 0.15) is 11.9 Å². The van der Waals surface area contributed by atoms with Gasteiger partial charge in [-0.25, -0.2) is 9.37 Å². The number of nitrogens with two attached hydrogens (primary N) is 1. The molecule has 0 saturated carbocycles. The number of carbonyl (C=O) groups excluding carboxylic acids is 1. The van der Waals surface area contributed by atoms with Crippen molar-refractivity contribution in [2.45, 2.75) is 32.3 Å². The van der Waals surface area contributed by atoms with Gasteiger partial charge in [0, 0.05) is 47.7 Å². The number of nitrogen functional groups attached to an aromatic ring is 1. The highest BCUT2D eigenvalue weighted by Gasteiger charge is 2.21. The number of anilines is 1. The van der Waals surface area contributed by atoms with Crippen LogP contribution in [0.15, 0.2) is 30.5 Å². The lowest BCUT2D eigenvalue weighted by Gasteiger charge is -2.23. The van der Waals surface area contributed by atoms with E-state index in [4.69, 9.17) is 15.2 Å². The topological polar surface area (TPSA) is 90.2 Å². The third kappa shape index (κ3) is 3.33. The van der Waals surface area contributed by atoms with Crippen LogP contribution < -0.4 is 10.5 Å². The van der Waals surface area contributed by atoms with Gasteiger partial charge in [0.2, 0.25) is 0 Å². The number of nitrogens with zero attached hydrogens (tertiary/aromatic N) is 1. The molecule has 0 bridgehead atoms. The molecule has 1 saturated heterocycles. The predicted molar refractivity (Wildman–Crippen MR) is 105 cm³/mol. The molecule has 0 unspecified atom stereocenters. The van der Waals surface area contributed by atoms with E-state index in [1.54, 1.807) is 31.2 Å². The van der Waals surface area contributed by atoms with Crippen LogP contribution in [0.4, 0.5) is 10.2 Å². The number of ketones is 1. The number of halogens is 1. The number of H-pyrrole nitrogens is 1. The average molecular weight is 383 g/mol. The zero-order valence-electron chi connectivity index (χ0n) is 15.6. The summed E-state index contributed by atoms with van der Waals surface area (Å²) in [5, 5.41) is 0.643. The van der Waals surface area contributed by atoms with Crippen LogP contribution in [-0.4, -0.2) is 35.1 Å². The summed E-state index contributed by atoms with van der Waals surface area (Å²) in [5.41, 5.74) is 7.85. The number of nitrogens with one attached hydrogen (secondary N) is 1. The second-order valence-corrected chi connectivity index (χ2v) is 6.85. The number of ether oxygens (including phenoxy) is 2. The first-order valence-electron chi connectivity index (χ1n) is 9.42. The van der Waals surface area contributed by atoms with E-state index in [9.17, 15) is 4.79 Å². The third-order valence-electron chi connectivity index (χ3n) is 5.03. The molecule has 28 heavy (non-hydrogen) atoms. The lowest BCUT2D eigenvalue weighted by Crippen LogP contribution is -2.26. The van der Waals surface area contributed by atoms with Gasteiger partial charge in [0.15, 0.2) is 17.3 Å². The van der Waals surface area contributed by atoms with Crippen molar-refractivity contribution in [1.82, 2.24) is 9.97 Å². The fourth-order valence-corrected chi connectivity index (χ4v) is 3.48. The van der Waals surface area contributed by atoms with Crippen LogP contribution >= 0.6 is 0 Å². The van der Waals surface area contributed by atoms with Crippen molar-refractivity contribution >= 4 is 22.5 Å². The molecule has 3 heterocycles. The summed E-state index contributed by atoms with van der Waals surface area (Å²) in [6, 6.07) is 6.78. The second kappa shape index (κ2) is 7.59. The molecular formula is C21H22FN3O3. The number of hydrogen-bond acceptors (Lipinski definition) is 5. The maximum absolute atomic E-state index is 15.2. The lowest BCUT2D eigenvalue weighted by atomic mass is 10.1. The minimum atomic E-state index is -0.449. The molecule has 3 N–H and O–H groups in total. The molecule has 1 aromatic carbocycles. The Balaban J connectivity index is 1.74. The Bertz CT molecular complexity index is 1030. The van der Waals surface area contributed by atoms with Crippen molar-refractivity contribution in [1.29, 1.82) is 0 Å². The Labute approximate surface area is 161 Å². The monoisotopic (exact) mass is 383 g/mol. The van der Waals surface area contributed by atoms with E-state index < -0.39 is 5.82 Å². The molecule has 0 aliphatic carbocycles. The summed E-state index contributed by atoms with van der Waals surface area (Å²) in [5.74, 6) is -0.0153. The van der Waals surface area contributed by atoms with Gasteiger partial charge < -0.3 is 20.2 Å². The second-order valence-electron chi connectivity index (χ2n) is 6.85. The Hall–Kier alpha value is -2.93. The molecule has 0 radical (unpaired) electrons. The largest absolute Gasteiger partial charge is 0.487 e. The SMILES string of the molecule is CCC(=O)c1cnc(N)c2[nH]c(-c3cccc(OC4CCOCC4)c3F)cc12. The highest BCUT2D eigenvalue weighted by Crippen LogP contribution is 2.34. The van der Waals surface area contributed by atoms with Crippen molar-refractivity contribution in [3.05, 3.63) is 41.8 Å². The summed E-state index contributed by atoms with van der Waals surface area (Å²) >= 11 is 0. The summed E-state index contributed by atoms with van der Waals surface area (Å²) in [7, 11) is 0. The van der Waals surface area contributed by atoms with E-state index in [0.29, 0.717) is 47.4 Å². The van der Waals surface area contributed by atoms with Crippen LogP contribution in [-0.2, 0) is 4.74 Å². The molecule has 146 valence electrons. The van der Waals surface area contributed by atoms with Crippen molar-refractivity contribution in [2.75, 3.05) is 18.9 Å². The van der Waals surface area contributed by atoms with Crippen LogP contribution in [0.25, 0.3) is 22.2 Å². The number of Topliss-reactive ketones (excluding diaryl/α,β-unsaturated/α-hetero) is 1. The van der Waals surface area contributed by atoms with Gasteiger partial charge in [-0.1, -0.05) is 13.0 Å². The standard InChI is InChI=1S/C21H22FN3O3/c1-2-17(26)15-11-24-21(23)20-14(15)10-16(25-20)13-4-3-5-18(19(13)22)28-12-6-8-27-9-7-12/h3-5,10-12,25H,2,6-9H2,1H3,(H2,23,24). The summed E-state index contributed by atoms with van der Waals surface area (Å²) in [6.07, 6.45) is 3.24. The van der Waals surface area contributed by atoms with E-state index in [1.165, 1.54) is 6.20 Å². The van der Waals surface area contributed by atoms with Gasteiger partial charge >= 0.3 is 0 Å². The van der Waals surface area contributed by atoms with E-state index in [2.05, 4.69) is 9.97 Å². The van der Waals surface area contributed by atoms with Gasteiger partial charge in [-0.15, -0.1) is 0 Å². The summed E-state index contributed by atoms with van der Waals surface area (Å²) in [6.45, 7) is 3.03. The fraction of sp³-hybridized carbons (Fsp3) is 0.333. The highest BCUT2D eigenvalue weighted by atomic mass is 19.1. The number of aromatic amines is 1. The molecular weight excluding hydrogens is 361 g/mol. The maximum atomic E-state index is 15.2. The zero-order chi connectivity index (χ0) is 19.7. The molecule has 2 aromatic heterocycles. The van der Waals surface area contributed by atoms with Gasteiger partial charge in [-0.2, -0.15) is 0 Å². The van der Waals surface area contributed by atoms with Gasteiger partial charge in [0.25, 0.3) is 0 Å². The minimum absolute atomic E-state index is 0.0416. The average Bonchev–Trinajstić information content (AvgIpc) is 3.16. The molecule has 0 amide bonds. The molecule has 4 rings (SSSR count). The maximum Gasteiger partial charge on any atom is 0.174 e. The Kier molecular flexibility index (Phi) is 5.00. The molecule has 0 spiro atoms. The number of aromatic nitrogens is 2. The predicted octanol–water partition coefficient (Wildman–Crippen LogP) is 4.10. The van der Waals surface area contributed by atoms with Crippen LogP contribution in [0.3, 0.4) is 0 Å².